The van der Waals surface area contributed by atoms with E-state index in [0.29, 0.717) is 6.08 Å². The maximum atomic E-state index is 10.5. The van der Waals surface area contributed by atoms with E-state index >= 15 is 0 Å². The molecule has 60 valence electrons. The Morgan fingerprint density at radius 2 is 2.00 bits per heavy atom. The number of carbonyl (C=O) groups excluding carboxylic acids is 2. The number of carboxylic acid groups (broad SMARTS) is 1. The summed E-state index contributed by atoms with van der Waals surface area (Å²) in [5.74, 6) is -2.16. The minimum atomic E-state index is -1.43. The van der Waals surface area contributed by atoms with Crippen molar-refractivity contribution in [2.24, 2.45) is 0 Å². The molecule has 0 aromatic rings. The van der Waals surface area contributed by atoms with Gasteiger partial charge >= 0.3 is 35.5 Å². The van der Waals surface area contributed by atoms with Crippen molar-refractivity contribution in [1.82, 2.24) is 0 Å². The predicted molar refractivity (Wildman–Crippen MR) is 35.3 cm³/mol. The van der Waals surface area contributed by atoms with Gasteiger partial charge in [0.2, 0.25) is 0 Å². The van der Waals surface area contributed by atoms with Crippen molar-refractivity contribution in [1.29, 1.82) is 0 Å². The first-order valence-corrected chi connectivity index (χ1v) is 2.83. The molecule has 0 spiro atoms. The normalized spacial score (nSPS) is 8.67. The van der Waals surface area contributed by atoms with Crippen LogP contribution < -0.4 is 34.7 Å². The molecule has 0 aromatic heterocycles. The van der Waals surface area contributed by atoms with E-state index in [9.17, 15) is 14.7 Å². The molecule has 0 bridgehead atoms. The van der Waals surface area contributed by atoms with Crippen molar-refractivity contribution in [3.63, 3.8) is 0 Å². The number of hydrogen-bond acceptors (Lipinski definition) is 4. The first-order valence-electron chi connectivity index (χ1n) is 2.83. The quantitative estimate of drug-likeness (QED) is 0.190. The van der Waals surface area contributed by atoms with E-state index in [-0.39, 0.29) is 36.2 Å². The van der Waals surface area contributed by atoms with Crippen LogP contribution in [0.4, 0.5) is 0 Å². The van der Waals surface area contributed by atoms with E-state index in [4.69, 9.17) is 0 Å². The molecule has 0 atom stereocenters. The standard InChI is InChI=1S/C7H8O4.Na/c1-2-5-11-7(10)4-3-6(8)9;/h2-4H,1,5H2,(H,8,9);/q;+1/p-1/b4-3-;. The number of carbonyl (C=O) groups is 2. The summed E-state index contributed by atoms with van der Waals surface area (Å²) in [6.45, 7) is 3.36. The largest absolute Gasteiger partial charge is 1.00 e. The third-order valence-corrected chi connectivity index (χ3v) is 0.699. The van der Waals surface area contributed by atoms with Gasteiger partial charge in [0.1, 0.15) is 6.61 Å². The zero-order valence-electron chi connectivity index (χ0n) is 6.78. The van der Waals surface area contributed by atoms with Crippen LogP contribution in [0.5, 0.6) is 0 Å². The van der Waals surface area contributed by atoms with Crippen molar-refractivity contribution in [2.45, 2.75) is 0 Å². The van der Waals surface area contributed by atoms with E-state index in [0.717, 1.165) is 6.08 Å². The number of ether oxygens (including phenoxy) is 1. The van der Waals surface area contributed by atoms with Gasteiger partial charge in [-0.1, -0.05) is 12.7 Å². The van der Waals surface area contributed by atoms with Crippen LogP contribution in [0.3, 0.4) is 0 Å². The summed E-state index contributed by atoms with van der Waals surface area (Å²) in [6.07, 6.45) is 2.76. The summed E-state index contributed by atoms with van der Waals surface area (Å²) < 4.78 is 4.41. The average Bonchev–Trinajstić information content (AvgIpc) is 1.97. The third kappa shape index (κ3) is 9.42. The Balaban J connectivity index is 0. The molecule has 0 aliphatic rings. The molecule has 0 aliphatic heterocycles. The molecule has 5 heteroatoms. The first-order chi connectivity index (χ1) is 5.16. The molecule has 12 heavy (non-hydrogen) atoms. The SMILES string of the molecule is C=CCOC(=O)/C=C\C(=O)[O-].[Na+]. The van der Waals surface area contributed by atoms with Gasteiger partial charge in [0.05, 0.1) is 5.97 Å². The summed E-state index contributed by atoms with van der Waals surface area (Å²) in [5.41, 5.74) is 0. The van der Waals surface area contributed by atoms with E-state index in [1.165, 1.54) is 6.08 Å². The summed E-state index contributed by atoms with van der Waals surface area (Å²) >= 11 is 0. The van der Waals surface area contributed by atoms with Crippen LogP contribution in [0.2, 0.25) is 0 Å². The number of hydrogen-bond donors (Lipinski definition) is 0. The van der Waals surface area contributed by atoms with Crippen LogP contribution in [0.1, 0.15) is 0 Å². The van der Waals surface area contributed by atoms with Gasteiger partial charge in [-0.25, -0.2) is 4.79 Å². The second kappa shape index (κ2) is 8.52. The summed E-state index contributed by atoms with van der Waals surface area (Å²) in [6, 6.07) is 0. The fourth-order valence-electron chi connectivity index (χ4n) is 0.325. The maximum absolute atomic E-state index is 10.5. The van der Waals surface area contributed by atoms with Crippen LogP contribution in [-0.4, -0.2) is 18.5 Å². The Labute approximate surface area is 92.2 Å². The van der Waals surface area contributed by atoms with E-state index < -0.39 is 11.9 Å². The second-order valence-corrected chi connectivity index (χ2v) is 1.57. The van der Waals surface area contributed by atoms with Gasteiger partial charge in [0.15, 0.2) is 0 Å². The zero-order chi connectivity index (χ0) is 8.69. The minimum absolute atomic E-state index is 0. The molecule has 0 saturated carbocycles. The number of esters is 1. The number of carboxylic acids is 1. The molecule has 4 nitrogen and oxygen atoms in total. The summed E-state index contributed by atoms with van der Waals surface area (Å²) in [7, 11) is 0. The van der Waals surface area contributed by atoms with Crippen molar-refractivity contribution >= 4 is 11.9 Å². The Hall–Kier alpha value is -0.580. The Morgan fingerprint density at radius 1 is 1.42 bits per heavy atom. The molecule has 0 aromatic carbocycles. The molecule has 0 fully saturated rings. The number of aliphatic carboxylic acids is 1. The van der Waals surface area contributed by atoms with Gasteiger partial charge in [0, 0.05) is 6.08 Å². The van der Waals surface area contributed by atoms with Crippen LogP contribution in [0.15, 0.2) is 24.8 Å². The second-order valence-electron chi connectivity index (χ2n) is 1.57. The van der Waals surface area contributed by atoms with Crippen LogP contribution in [0, 0.1) is 0 Å². The van der Waals surface area contributed by atoms with Crippen molar-refractivity contribution in [3.05, 3.63) is 24.8 Å². The number of rotatable bonds is 4. The minimum Gasteiger partial charge on any atom is -0.545 e. The van der Waals surface area contributed by atoms with Crippen LogP contribution >= 0.6 is 0 Å². The molecule has 0 radical (unpaired) electrons. The zero-order valence-corrected chi connectivity index (χ0v) is 8.78. The van der Waals surface area contributed by atoms with Crippen molar-refractivity contribution in [2.75, 3.05) is 6.61 Å². The van der Waals surface area contributed by atoms with Gasteiger partial charge in [-0.05, 0) is 6.08 Å². The Bertz CT molecular complexity index is 198. The Morgan fingerprint density at radius 3 is 2.42 bits per heavy atom. The summed E-state index contributed by atoms with van der Waals surface area (Å²) in [4.78, 5) is 20.2. The molecule has 0 heterocycles. The molecule has 0 saturated heterocycles. The Kier molecular flexibility index (Phi) is 9.92. The van der Waals surface area contributed by atoms with Gasteiger partial charge in [-0.15, -0.1) is 0 Å². The maximum Gasteiger partial charge on any atom is 1.00 e. The summed E-state index contributed by atoms with van der Waals surface area (Å²) in [5, 5.41) is 9.75. The molecule has 0 unspecified atom stereocenters. The molecular formula is C7H7NaO4. The molecular weight excluding hydrogens is 171 g/mol. The average molecular weight is 178 g/mol. The van der Waals surface area contributed by atoms with E-state index in [1.54, 1.807) is 0 Å². The molecule has 0 N–H and O–H groups in total. The van der Waals surface area contributed by atoms with Crippen molar-refractivity contribution in [3.8, 4) is 0 Å². The first kappa shape index (κ1) is 14.0. The van der Waals surface area contributed by atoms with Gasteiger partial charge in [0.25, 0.3) is 0 Å². The fraction of sp³-hybridized carbons (Fsp3) is 0.143. The fourth-order valence-corrected chi connectivity index (χ4v) is 0.325. The monoisotopic (exact) mass is 178 g/mol. The van der Waals surface area contributed by atoms with Crippen LogP contribution in [-0.2, 0) is 14.3 Å². The van der Waals surface area contributed by atoms with Crippen LogP contribution in [0.25, 0.3) is 0 Å². The van der Waals surface area contributed by atoms with E-state index in [1.807, 2.05) is 0 Å². The molecule has 0 aliphatic carbocycles. The van der Waals surface area contributed by atoms with Gasteiger partial charge in [-0.3, -0.25) is 0 Å². The van der Waals surface area contributed by atoms with E-state index in [2.05, 4.69) is 11.3 Å². The van der Waals surface area contributed by atoms with Crippen molar-refractivity contribution < 1.29 is 49.0 Å². The van der Waals surface area contributed by atoms with Gasteiger partial charge < -0.3 is 14.6 Å². The third-order valence-electron chi connectivity index (χ3n) is 0.699. The predicted octanol–water partition coefficient (Wildman–Crippen LogP) is -3.97. The molecule has 0 amide bonds. The topological polar surface area (TPSA) is 66.4 Å². The smallest absolute Gasteiger partial charge is 0.545 e. The van der Waals surface area contributed by atoms with Gasteiger partial charge in [-0.2, -0.15) is 0 Å². The molecule has 0 rings (SSSR count).